The molecule has 0 bridgehead atoms. The van der Waals surface area contributed by atoms with Crippen molar-refractivity contribution in [3.63, 3.8) is 0 Å². The van der Waals surface area contributed by atoms with Crippen molar-refractivity contribution in [3.05, 3.63) is 35.2 Å². The number of anilines is 2. The molecule has 2 rings (SSSR count). The molecule has 0 radical (unpaired) electrons. The third kappa shape index (κ3) is 3.95. The van der Waals surface area contributed by atoms with Crippen molar-refractivity contribution >= 4 is 29.0 Å². The Kier molecular flexibility index (Phi) is 5.16. The van der Waals surface area contributed by atoms with E-state index in [9.17, 15) is 4.79 Å². The predicted molar refractivity (Wildman–Crippen MR) is 83.9 cm³/mol. The fraction of sp³-hybridized carbons (Fsp3) is 0.357. The van der Waals surface area contributed by atoms with E-state index in [1.165, 1.54) is 6.20 Å². The second-order valence-corrected chi connectivity index (χ2v) is 4.92. The Balaban J connectivity index is 2.13. The van der Waals surface area contributed by atoms with Crippen molar-refractivity contribution < 1.29 is 4.79 Å². The highest BCUT2D eigenvalue weighted by atomic mass is 35.5. The molecule has 0 atom stereocenters. The molecule has 21 heavy (non-hydrogen) atoms. The summed E-state index contributed by atoms with van der Waals surface area (Å²) in [5.74, 6) is 0.355. The summed E-state index contributed by atoms with van der Waals surface area (Å²) in [4.78, 5) is 16.4. The fourth-order valence-corrected chi connectivity index (χ4v) is 1.95. The van der Waals surface area contributed by atoms with Crippen LogP contribution in [0.1, 0.15) is 30.6 Å². The quantitative estimate of drug-likeness (QED) is 0.860. The minimum absolute atomic E-state index is 0.280. The Labute approximate surface area is 128 Å². The number of nitrogens with one attached hydrogen (secondary N) is 2. The fourth-order valence-electron chi connectivity index (χ4n) is 1.76. The van der Waals surface area contributed by atoms with E-state index in [2.05, 4.69) is 27.6 Å². The van der Waals surface area contributed by atoms with E-state index in [4.69, 9.17) is 11.6 Å². The van der Waals surface area contributed by atoms with Gasteiger partial charge in [-0.15, -0.1) is 0 Å². The van der Waals surface area contributed by atoms with Gasteiger partial charge in [-0.1, -0.05) is 18.5 Å². The van der Waals surface area contributed by atoms with E-state index in [0.29, 0.717) is 22.1 Å². The number of pyridine rings is 1. The van der Waals surface area contributed by atoms with Crippen LogP contribution in [0.3, 0.4) is 0 Å². The lowest BCUT2D eigenvalue weighted by Crippen LogP contribution is -2.13. The lowest BCUT2D eigenvalue weighted by molar-refractivity contribution is 0.102. The molecule has 0 spiro atoms. The minimum Gasteiger partial charge on any atom is -0.370 e. The zero-order valence-electron chi connectivity index (χ0n) is 12.1. The smallest absolute Gasteiger partial charge is 0.257 e. The first-order chi connectivity index (χ1) is 10.1. The third-order valence-corrected chi connectivity index (χ3v) is 3.17. The molecule has 2 aromatic rings. The largest absolute Gasteiger partial charge is 0.370 e. The molecule has 6 nitrogen and oxygen atoms in total. The molecule has 0 saturated heterocycles. The number of aromatic nitrogens is 3. The number of hydrogen-bond donors (Lipinski definition) is 2. The van der Waals surface area contributed by atoms with Crippen LogP contribution in [0.2, 0.25) is 5.02 Å². The summed E-state index contributed by atoms with van der Waals surface area (Å²) in [7, 11) is 0. The molecule has 0 saturated carbocycles. The van der Waals surface area contributed by atoms with Crippen LogP contribution in [-0.4, -0.2) is 27.2 Å². The maximum Gasteiger partial charge on any atom is 0.257 e. The summed E-state index contributed by atoms with van der Waals surface area (Å²) in [6, 6.07) is 1.65. The normalized spacial score (nSPS) is 10.4. The molecular weight excluding hydrogens is 290 g/mol. The average Bonchev–Trinajstić information content (AvgIpc) is 2.94. The van der Waals surface area contributed by atoms with Crippen LogP contribution in [0.5, 0.6) is 0 Å². The summed E-state index contributed by atoms with van der Waals surface area (Å²) in [6.07, 6.45) is 5.82. The highest BCUT2D eigenvalue weighted by Gasteiger charge is 2.13. The van der Waals surface area contributed by atoms with Gasteiger partial charge in [-0.3, -0.25) is 9.48 Å². The van der Waals surface area contributed by atoms with Crippen LogP contribution in [0.25, 0.3) is 0 Å². The number of nitrogens with zero attached hydrogens (tertiary/aromatic N) is 3. The predicted octanol–water partition coefficient (Wildman–Crippen LogP) is 3.03. The number of carbonyl (C=O) groups is 1. The molecule has 0 unspecified atom stereocenters. The van der Waals surface area contributed by atoms with Gasteiger partial charge >= 0.3 is 0 Å². The van der Waals surface area contributed by atoms with Crippen molar-refractivity contribution in [2.24, 2.45) is 0 Å². The zero-order valence-corrected chi connectivity index (χ0v) is 12.8. The van der Waals surface area contributed by atoms with Gasteiger partial charge in [0, 0.05) is 25.5 Å². The van der Waals surface area contributed by atoms with Crippen LogP contribution in [0.4, 0.5) is 11.5 Å². The molecule has 112 valence electrons. The summed E-state index contributed by atoms with van der Waals surface area (Å²) in [5, 5.41) is 10.3. The van der Waals surface area contributed by atoms with Gasteiger partial charge in [-0.05, 0) is 19.4 Å². The maximum atomic E-state index is 12.3. The first-order valence-corrected chi connectivity index (χ1v) is 7.25. The first kappa shape index (κ1) is 15.3. The van der Waals surface area contributed by atoms with Gasteiger partial charge in [0.1, 0.15) is 5.82 Å². The van der Waals surface area contributed by atoms with Crippen LogP contribution in [0.15, 0.2) is 24.7 Å². The van der Waals surface area contributed by atoms with Gasteiger partial charge in [-0.2, -0.15) is 5.10 Å². The Hall–Kier alpha value is -2.08. The van der Waals surface area contributed by atoms with Crippen molar-refractivity contribution in [1.82, 2.24) is 14.8 Å². The molecule has 0 aromatic carbocycles. The maximum absolute atomic E-state index is 12.3. The Morgan fingerprint density at radius 2 is 2.19 bits per heavy atom. The van der Waals surface area contributed by atoms with E-state index in [1.54, 1.807) is 23.1 Å². The van der Waals surface area contributed by atoms with Crippen LogP contribution < -0.4 is 10.6 Å². The second-order valence-electron chi connectivity index (χ2n) is 4.51. The van der Waals surface area contributed by atoms with Gasteiger partial charge in [0.05, 0.1) is 22.5 Å². The minimum atomic E-state index is -0.280. The molecule has 2 heterocycles. The standard InChI is InChI=1S/C14H18ClN5O/c1-3-5-16-13-6-11(12(15)8-17-13)14(21)19-10-7-18-20(4-2)9-10/h6-9H,3-5H2,1-2H3,(H,16,17)(H,19,21). The Bertz CT molecular complexity index is 626. The van der Waals surface area contributed by atoms with Gasteiger partial charge < -0.3 is 10.6 Å². The highest BCUT2D eigenvalue weighted by molar-refractivity contribution is 6.34. The van der Waals surface area contributed by atoms with Gasteiger partial charge in [0.15, 0.2) is 0 Å². The lowest BCUT2D eigenvalue weighted by Gasteiger charge is -2.08. The molecular formula is C14H18ClN5O. The SMILES string of the molecule is CCCNc1cc(C(=O)Nc2cnn(CC)c2)c(Cl)cn1. The van der Waals surface area contributed by atoms with E-state index in [-0.39, 0.29) is 5.91 Å². The second kappa shape index (κ2) is 7.08. The van der Waals surface area contributed by atoms with E-state index >= 15 is 0 Å². The summed E-state index contributed by atoms with van der Waals surface area (Å²) in [5.41, 5.74) is 1.02. The first-order valence-electron chi connectivity index (χ1n) is 6.87. The Morgan fingerprint density at radius 1 is 1.38 bits per heavy atom. The number of carbonyl (C=O) groups excluding carboxylic acids is 1. The summed E-state index contributed by atoms with van der Waals surface area (Å²) < 4.78 is 1.73. The van der Waals surface area contributed by atoms with Gasteiger partial charge in [0.25, 0.3) is 5.91 Å². The molecule has 2 aromatic heterocycles. The van der Waals surface area contributed by atoms with E-state index in [0.717, 1.165) is 19.5 Å². The molecule has 1 amide bonds. The molecule has 7 heteroatoms. The van der Waals surface area contributed by atoms with Gasteiger partial charge in [0.2, 0.25) is 0 Å². The number of halogens is 1. The van der Waals surface area contributed by atoms with Crippen LogP contribution in [0, 0.1) is 0 Å². The highest BCUT2D eigenvalue weighted by Crippen LogP contribution is 2.19. The van der Waals surface area contributed by atoms with E-state index in [1.807, 2.05) is 6.92 Å². The molecule has 0 aliphatic rings. The molecule has 0 aliphatic heterocycles. The number of rotatable bonds is 6. The molecule has 0 fully saturated rings. The Morgan fingerprint density at radius 3 is 2.86 bits per heavy atom. The van der Waals surface area contributed by atoms with Crippen LogP contribution >= 0.6 is 11.6 Å². The number of hydrogen-bond acceptors (Lipinski definition) is 4. The lowest BCUT2D eigenvalue weighted by atomic mass is 10.2. The molecule has 2 N–H and O–H groups in total. The summed E-state index contributed by atoms with van der Waals surface area (Å²) >= 11 is 6.05. The van der Waals surface area contributed by atoms with Crippen molar-refractivity contribution in [2.75, 3.05) is 17.2 Å². The van der Waals surface area contributed by atoms with Crippen molar-refractivity contribution in [3.8, 4) is 0 Å². The van der Waals surface area contributed by atoms with E-state index < -0.39 is 0 Å². The summed E-state index contributed by atoms with van der Waals surface area (Å²) in [6.45, 7) is 5.57. The average molecular weight is 308 g/mol. The van der Waals surface area contributed by atoms with Crippen LogP contribution in [-0.2, 0) is 6.54 Å². The van der Waals surface area contributed by atoms with Crippen molar-refractivity contribution in [1.29, 1.82) is 0 Å². The van der Waals surface area contributed by atoms with Gasteiger partial charge in [-0.25, -0.2) is 4.98 Å². The van der Waals surface area contributed by atoms with Crippen molar-refractivity contribution in [2.45, 2.75) is 26.8 Å². The number of aryl methyl sites for hydroxylation is 1. The monoisotopic (exact) mass is 307 g/mol. The topological polar surface area (TPSA) is 71.8 Å². The third-order valence-electron chi connectivity index (χ3n) is 2.87. The zero-order chi connectivity index (χ0) is 15.2. The number of amides is 1. The molecule has 0 aliphatic carbocycles.